The van der Waals surface area contributed by atoms with E-state index < -0.39 is 0 Å². The number of carbonyl (C=O) groups is 1. The molecule has 2 N–H and O–H groups in total. The lowest BCUT2D eigenvalue weighted by molar-refractivity contribution is -0.134. The van der Waals surface area contributed by atoms with Crippen LogP contribution < -0.4 is 5.73 Å². The van der Waals surface area contributed by atoms with Gasteiger partial charge >= 0.3 is 0 Å². The van der Waals surface area contributed by atoms with E-state index in [1.165, 1.54) is 51.4 Å². The first-order valence-electron chi connectivity index (χ1n) is 8.87. The maximum atomic E-state index is 12.6. The van der Waals surface area contributed by atoms with Crippen molar-refractivity contribution >= 4 is 5.91 Å². The number of hydrogen-bond acceptors (Lipinski definition) is 3. The second-order valence-corrected chi connectivity index (χ2v) is 6.85. The quantitative estimate of drug-likeness (QED) is 0.817. The van der Waals surface area contributed by atoms with Crippen LogP contribution in [0.5, 0.6) is 0 Å². The number of nitrogens with two attached hydrogens (primary N) is 1. The molecule has 2 aliphatic carbocycles. The van der Waals surface area contributed by atoms with Crippen molar-refractivity contribution < 1.29 is 4.79 Å². The summed E-state index contributed by atoms with van der Waals surface area (Å²) in [4.78, 5) is 17.0. The van der Waals surface area contributed by atoms with Crippen molar-refractivity contribution in [1.29, 1.82) is 0 Å². The van der Waals surface area contributed by atoms with Gasteiger partial charge in [0, 0.05) is 19.1 Å². The van der Waals surface area contributed by atoms with E-state index in [0.717, 1.165) is 13.1 Å². The van der Waals surface area contributed by atoms with Crippen LogP contribution in [0.4, 0.5) is 0 Å². The van der Waals surface area contributed by atoms with E-state index in [1.807, 2.05) is 11.9 Å². The van der Waals surface area contributed by atoms with Crippen LogP contribution >= 0.6 is 0 Å². The average molecular weight is 295 g/mol. The highest BCUT2D eigenvalue weighted by Crippen LogP contribution is 2.29. The smallest absolute Gasteiger partial charge is 0.236 e. The predicted molar refractivity (Wildman–Crippen MR) is 87.1 cm³/mol. The Hall–Kier alpha value is -0.610. The van der Waals surface area contributed by atoms with Gasteiger partial charge in [-0.15, -0.1) is 0 Å². The molecule has 2 aliphatic rings. The van der Waals surface area contributed by atoms with Crippen molar-refractivity contribution in [3.8, 4) is 0 Å². The summed E-state index contributed by atoms with van der Waals surface area (Å²) in [6.45, 7) is 4.45. The van der Waals surface area contributed by atoms with Crippen LogP contribution in [0, 0.1) is 5.92 Å². The molecule has 2 unspecified atom stereocenters. The second kappa shape index (κ2) is 8.14. The van der Waals surface area contributed by atoms with E-state index in [0.29, 0.717) is 30.5 Å². The third kappa shape index (κ3) is 4.19. The fraction of sp³-hybridized carbons (Fsp3) is 0.941. The van der Waals surface area contributed by atoms with Gasteiger partial charge in [0.25, 0.3) is 0 Å². The highest BCUT2D eigenvalue weighted by Gasteiger charge is 2.32. The molecule has 2 rings (SSSR count). The molecule has 4 heteroatoms. The number of nitrogens with zero attached hydrogens (tertiary/aromatic N) is 2. The van der Waals surface area contributed by atoms with Gasteiger partial charge in [0.15, 0.2) is 0 Å². The fourth-order valence-corrected chi connectivity index (χ4v) is 4.19. The molecule has 0 aromatic carbocycles. The molecule has 0 spiro atoms. The number of carbonyl (C=O) groups excluding carboxylic acids is 1. The molecule has 2 atom stereocenters. The zero-order valence-corrected chi connectivity index (χ0v) is 13.9. The van der Waals surface area contributed by atoms with Crippen LogP contribution in [-0.2, 0) is 4.79 Å². The minimum absolute atomic E-state index is 0.298. The summed E-state index contributed by atoms with van der Waals surface area (Å²) in [7, 11) is 2.00. The van der Waals surface area contributed by atoms with Gasteiger partial charge in [-0.1, -0.05) is 32.6 Å². The number of likely N-dealkylation sites (N-methyl/N-ethyl adjacent to an activating group) is 2. The van der Waals surface area contributed by atoms with Crippen LogP contribution in [0.2, 0.25) is 0 Å². The van der Waals surface area contributed by atoms with Gasteiger partial charge in [-0.2, -0.15) is 0 Å². The third-order valence-electron chi connectivity index (χ3n) is 5.65. The molecule has 0 saturated heterocycles. The Bertz CT molecular complexity index is 328. The van der Waals surface area contributed by atoms with E-state index in [2.05, 4.69) is 11.8 Å². The summed E-state index contributed by atoms with van der Waals surface area (Å²) in [5, 5.41) is 0. The van der Waals surface area contributed by atoms with Gasteiger partial charge in [0.05, 0.1) is 6.54 Å². The van der Waals surface area contributed by atoms with Gasteiger partial charge in [0.2, 0.25) is 5.91 Å². The largest absolute Gasteiger partial charge is 0.342 e. The minimum atomic E-state index is 0.298. The van der Waals surface area contributed by atoms with E-state index in [-0.39, 0.29) is 0 Å². The Morgan fingerprint density at radius 1 is 1.10 bits per heavy atom. The first-order chi connectivity index (χ1) is 10.2. The average Bonchev–Trinajstić information content (AvgIpc) is 3.00. The normalized spacial score (nSPS) is 27.2. The standard InChI is InChI=1S/C17H33N3O/c1-3-20(16-11-7-8-14(16)12-18)13-17(21)19(2)15-9-5-4-6-10-15/h14-16H,3-13,18H2,1-2H3. The zero-order valence-electron chi connectivity index (χ0n) is 13.9. The summed E-state index contributed by atoms with van der Waals surface area (Å²) < 4.78 is 0. The maximum Gasteiger partial charge on any atom is 0.236 e. The van der Waals surface area contributed by atoms with E-state index in [4.69, 9.17) is 5.73 Å². The molecule has 0 heterocycles. The molecular formula is C17H33N3O. The molecule has 0 aromatic heterocycles. The third-order valence-corrected chi connectivity index (χ3v) is 5.65. The first-order valence-corrected chi connectivity index (χ1v) is 8.87. The molecule has 0 aliphatic heterocycles. The van der Waals surface area contributed by atoms with Crippen molar-refractivity contribution in [2.75, 3.05) is 26.7 Å². The Morgan fingerprint density at radius 3 is 2.43 bits per heavy atom. The molecule has 0 bridgehead atoms. The lowest BCUT2D eigenvalue weighted by Gasteiger charge is -2.35. The Morgan fingerprint density at radius 2 is 1.81 bits per heavy atom. The van der Waals surface area contributed by atoms with Gasteiger partial charge in [-0.05, 0) is 44.7 Å². The topological polar surface area (TPSA) is 49.6 Å². The Kier molecular flexibility index (Phi) is 6.49. The van der Waals surface area contributed by atoms with Crippen LogP contribution in [-0.4, -0.2) is 54.5 Å². The molecule has 4 nitrogen and oxygen atoms in total. The molecule has 2 fully saturated rings. The molecule has 0 aromatic rings. The zero-order chi connectivity index (χ0) is 15.2. The van der Waals surface area contributed by atoms with Crippen molar-refractivity contribution in [1.82, 2.24) is 9.80 Å². The summed E-state index contributed by atoms with van der Waals surface area (Å²) >= 11 is 0. The van der Waals surface area contributed by atoms with E-state index in [1.54, 1.807) is 0 Å². The second-order valence-electron chi connectivity index (χ2n) is 6.85. The molecule has 122 valence electrons. The SMILES string of the molecule is CCN(CC(=O)N(C)C1CCCCC1)C1CCCC1CN. The summed E-state index contributed by atoms with van der Waals surface area (Å²) in [6, 6.07) is 0.988. The van der Waals surface area contributed by atoms with Gasteiger partial charge in [0.1, 0.15) is 0 Å². The van der Waals surface area contributed by atoms with Crippen molar-refractivity contribution in [2.24, 2.45) is 11.7 Å². The van der Waals surface area contributed by atoms with Crippen LogP contribution in [0.15, 0.2) is 0 Å². The van der Waals surface area contributed by atoms with Gasteiger partial charge in [-0.3, -0.25) is 9.69 Å². The predicted octanol–water partition coefficient (Wildman–Crippen LogP) is 2.23. The maximum absolute atomic E-state index is 12.6. The lowest BCUT2D eigenvalue weighted by atomic mass is 9.94. The Balaban J connectivity index is 1.89. The first kappa shape index (κ1) is 16.8. The molecule has 1 amide bonds. The van der Waals surface area contributed by atoms with Gasteiger partial charge < -0.3 is 10.6 Å². The number of hydrogen-bond donors (Lipinski definition) is 1. The highest BCUT2D eigenvalue weighted by atomic mass is 16.2. The monoisotopic (exact) mass is 295 g/mol. The van der Waals surface area contributed by atoms with Crippen molar-refractivity contribution in [2.45, 2.75) is 70.4 Å². The minimum Gasteiger partial charge on any atom is -0.342 e. The van der Waals surface area contributed by atoms with E-state index >= 15 is 0 Å². The van der Waals surface area contributed by atoms with E-state index in [9.17, 15) is 4.79 Å². The fourth-order valence-electron chi connectivity index (χ4n) is 4.19. The number of amides is 1. The summed E-state index contributed by atoms with van der Waals surface area (Å²) in [6.07, 6.45) is 9.94. The summed E-state index contributed by atoms with van der Waals surface area (Å²) in [5.41, 5.74) is 5.90. The molecule has 21 heavy (non-hydrogen) atoms. The van der Waals surface area contributed by atoms with Crippen molar-refractivity contribution in [3.05, 3.63) is 0 Å². The Labute approximate surface area is 130 Å². The molecule has 2 saturated carbocycles. The van der Waals surface area contributed by atoms with Crippen molar-refractivity contribution in [3.63, 3.8) is 0 Å². The van der Waals surface area contributed by atoms with Gasteiger partial charge in [-0.25, -0.2) is 0 Å². The summed E-state index contributed by atoms with van der Waals surface area (Å²) in [5.74, 6) is 0.879. The molecular weight excluding hydrogens is 262 g/mol. The highest BCUT2D eigenvalue weighted by molar-refractivity contribution is 5.78. The van der Waals surface area contributed by atoms with Crippen LogP contribution in [0.25, 0.3) is 0 Å². The number of rotatable bonds is 6. The lowest BCUT2D eigenvalue weighted by Crippen LogP contribution is -2.48. The van der Waals surface area contributed by atoms with Crippen LogP contribution in [0.1, 0.15) is 58.3 Å². The molecule has 0 radical (unpaired) electrons. The van der Waals surface area contributed by atoms with Crippen LogP contribution in [0.3, 0.4) is 0 Å².